The van der Waals surface area contributed by atoms with E-state index in [4.69, 9.17) is 4.42 Å². The Labute approximate surface area is 167 Å². The molecule has 0 spiro atoms. The normalized spacial score (nSPS) is 18.5. The molecule has 0 aliphatic carbocycles. The first kappa shape index (κ1) is 20.9. The van der Waals surface area contributed by atoms with Crippen LogP contribution >= 0.6 is 0 Å². The number of sulfonamides is 1. The second-order valence-corrected chi connectivity index (χ2v) is 9.53. The van der Waals surface area contributed by atoms with E-state index < -0.39 is 16.1 Å². The zero-order valence-electron chi connectivity index (χ0n) is 17.0. The summed E-state index contributed by atoms with van der Waals surface area (Å²) in [4.78, 5) is 14.9. The molecule has 6 nitrogen and oxygen atoms in total. The standard InChI is InChI=1S/C21H30N2O4S/c1-4-14-28(25,26)23-13-9-8-11-18(23)21(24)22(3)15-17-16-10-6-7-12-20(16)27-19(17)5-2/h6-7,10,12,18H,4-5,8-9,11,13-15H2,1-3H3. The molecule has 0 N–H and O–H groups in total. The van der Waals surface area contributed by atoms with Gasteiger partial charge in [0.2, 0.25) is 15.9 Å². The van der Waals surface area contributed by atoms with Gasteiger partial charge in [-0.2, -0.15) is 4.31 Å². The Hall–Kier alpha value is -1.86. The number of hydrogen-bond donors (Lipinski definition) is 0. The third-order valence-electron chi connectivity index (χ3n) is 5.43. The number of carbonyl (C=O) groups excluding carboxylic acids is 1. The molecular formula is C21H30N2O4S. The van der Waals surface area contributed by atoms with Gasteiger partial charge in [0.1, 0.15) is 17.4 Å². The average Bonchev–Trinajstić information content (AvgIpc) is 3.05. The minimum absolute atomic E-state index is 0.0901. The van der Waals surface area contributed by atoms with Crippen molar-refractivity contribution in [2.24, 2.45) is 0 Å². The number of hydrogen-bond acceptors (Lipinski definition) is 4. The van der Waals surface area contributed by atoms with Crippen LogP contribution in [0.25, 0.3) is 11.0 Å². The van der Waals surface area contributed by atoms with Crippen molar-refractivity contribution in [3.8, 4) is 0 Å². The van der Waals surface area contributed by atoms with Crippen molar-refractivity contribution in [2.75, 3.05) is 19.3 Å². The Morgan fingerprint density at radius 3 is 2.71 bits per heavy atom. The number of likely N-dealkylation sites (N-methyl/N-ethyl adjacent to an activating group) is 1. The van der Waals surface area contributed by atoms with E-state index in [1.54, 1.807) is 11.9 Å². The molecule has 0 radical (unpaired) electrons. The van der Waals surface area contributed by atoms with Crippen LogP contribution in [0.1, 0.15) is 50.9 Å². The van der Waals surface area contributed by atoms with Crippen molar-refractivity contribution in [3.63, 3.8) is 0 Å². The van der Waals surface area contributed by atoms with Crippen molar-refractivity contribution in [3.05, 3.63) is 35.6 Å². The molecule has 3 rings (SSSR count). The van der Waals surface area contributed by atoms with Gasteiger partial charge in [0.05, 0.1) is 5.75 Å². The van der Waals surface area contributed by atoms with Gasteiger partial charge in [-0.15, -0.1) is 0 Å². The Bertz CT molecular complexity index is 935. The van der Waals surface area contributed by atoms with E-state index in [-0.39, 0.29) is 11.7 Å². The lowest BCUT2D eigenvalue weighted by molar-refractivity contribution is -0.135. The second-order valence-electron chi connectivity index (χ2n) is 7.49. The summed E-state index contributed by atoms with van der Waals surface area (Å²) in [5.74, 6) is 0.832. The molecule has 1 aliphatic rings. The SMILES string of the molecule is CCCS(=O)(=O)N1CCCCC1C(=O)N(C)Cc1c(CC)oc2ccccc12. The van der Waals surface area contributed by atoms with Crippen LogP contribution in [0, 0.1) is 0 Å². The molecule has 28 heavy (non-hydrogen) atoms. The first-order valence-corrected chi connectivity index (χ1v) is 11.7. The number of benzene rings is 1. The molecule has 1 aliphatic heterocycles. The van der Waals surface area contributed by atoms with Crippen LogP contribution in [0.3, 0.4) is 0 Å². The van der Waals surface area contributed by atoms with Crippen molar-refractivity contribution in [1.82, 2.24) is 9.21 Å². The Balaban J connectivity index is 1.84. The zero-order valence-corrected chi connectivity index (χ0v) is 17.8. The number of aryl methyl sites for hydroxylation is 1. The van der Waals surface area contributed by atoms with Crippen LogP contribution in [0.5, 0.6) is 0 Å². The quantitative estimate of drug-likeness (QED) is 0.705. The number of nitrogens with zero attached hydrogens (tertiary/aromatic N) is 2. The molecule has 2 aromatic rings. The summed E-state index contributed by atoms with van der Waals surface area (Å²) in [7, 11) is -1.65. The van der Waals surface area contributed by atoms with E-state index in [0.717, 1.165) is 41.6 Å². The predicted octanol–water partition coefficient (Wildman–Crippen LogP) is 3.55. The molecule has 1 unspecified atom stereocenters. The summed E-state index contributed by atoms with van der Waals surface area (Å²) in [5.41, 5.74) is 1.83. The second kappa shape index (κ2) is 8.66. The zero-order chi connectivity index (χ0) is 20.3. The number of piperidine rings is 1. The van der Waals surface area contributed by atoms with Gasteiger partial charge >= 0.3 is 0 Å². The molecule has 1 fully saturated rings. The van der Waals surface area contributed by atoms with E-state index in [9.17, 15) is 13.2 Å². The molecule has 1 saturated heterocycles. The fraction of sp³-hybridized carbons (Fsp3) is 0.571. The number of rotatable bonds is 7. The summed E-state index contributed by atoms with van der Waals surface area (Å²) in [6, 6.07) is 7.23. The lowest BCUT2D eigenvalue weighted by Gasteiger charge is -2.35. The Morgan fingerprint density at radius 2 is 2.00 bits per heavy atom. The molecule has 154 valence electrons. The maximum atomic E-state index is 13.2. The molecular weight excluding hydrogens is 376 g/mol. The number of para-hydroxylation sites is 1. The molecule has 7 heteroatoms. The van der Waals surface area contributed by atoms with E-state index in [1.807, 2.05) is 38.1 Å². The number of furan rings is 1. The summed E-state index contributed by atoms with van der Waals surface area (Å²) in [5, 5.41) is 1.01. The highest BCUT2D eigenvalue weighted by Crippen LogP contribution is 2.29. The monoisotopic (exact) mass is 406 g/mol. The summed E-state index contributed by atoms with van der Waals surface area (Å²) < 4.78 is 32.7. The smallest absolute Gasteiger partial charge is 0.241 e. The third-order valence-corrected chi connectivity index (χ3v) is 7.51. The van der Waals surface area contributed by atoms with E-state index >= 15 is 0 Å². The van der Waals surface area contributed by atoms with Gasteiger partial charge in [-0.25, -0.2) is 8.42 Å². The highest BCUT2D eigenvalue weighted by molar-refractivity contribution is 7.89. The van der Waals surface area contributed by atoms with Gasteiger partial charge in [-0.3, -0.25) is 4.79 Å². The number of carbonyl (C=O) groups is 1. The average molecular weight is 407 g/mol. The predicted molar refractivity (Wildman–Crippen MR) is 110 cm³/mol. The van der Waals surface area contributed by atoms with Crippen molar-refractivity contribution in [2.45, 2.75) is 58.5 Å². The first-order valence-electron chi connectivity index (χ1n) is 10.1. The van der Waals surface area contributed by atoms with Gasteiger partial charge in [0.25, 0.3) is 0 Å². The van der Waals surface area contributed by atoms with Crippen LogP contribution in [0.4, 0.5) is 0 Å². The third kappa shape index (κ3) is 4.10. The molecule has 2 heterocycles. The van der Waals surface area contributed by atoms with Crippen LogP contribution in [0.2, 0.25) is 0 Å². The lowest BCUT2D eigenvalue weighted by Crippen LogP contribution is -2.52. The summed E-state index contributed by atoms with van der Waals surface area (Å²) in [6.45, 7) is 4.72. The number of amides is 1. The minimum Gasteiger partial charge on any atom is -0.461 e. The molecule has 1 aromatic carbocycles. The van der Waals surface area contributed by atoms with Crippen LogP contribution < -0.4 is 0 Å². The Morgan fingerprint density at radius 1 is 1.25 bits per heavy atom. The fourth-order valence-electron chi connectivity index (χ4n) is 4.04. The maximum absolute atomic E-state index is 13.2. The molecule has 0 saturated carbocycles. The topological polar surface area (TPSA) is 70.8 Å². The summed E-state index contributed by atoms with van der Waals surface area (Å²) >= 11 is 0. The minimum atomic E-state index is -3.40. The molecule has 1 amide bonds. The Kier molecular flexibility index (Phi) is 6.45. The van der Waals surface area contributed by atoms with Crippen molar-refractivity contribution >= 4 is 26.9 Å². The maximum Gasteiger partial charge on any atom is 0.241 e. The molecule has 1 aromatic heterocycles. The van der Waals surface area contributed by atoms with Crippen molar-refractivity contribution < 1.29 is 17.6 Å². The highest BCUT2D eigenvalue weighted by atomic mass is 32.2. The molecule has 1 atom stereocenters. The number of fused-ring (bicyclic) bond motifs is 1. The summed E-state index contributed by atoms with van der Waals surface area (Å²) in [6.07, 6.45) is 3.56. The lowest BCUT2D eigenvalue weighted by atomic mass is 10.0. The van der Waals surface area contributed by atoms with E-state index in [1.165, 1.54) is 4.31 Å². The van der Waals surface area contributed by atoms with Crippen LogP contribution in [-0.2, 0) is 27.8 Å². The van der Waals surface area contributed by atoms with Crippen LogP contribution in [0.15, 0.2) is 28.7 Å². The fourth-order valence-corrected chi connectivity index (χ4v) is 5.78. The van der Waals surface area contributed by atoms with E-state index in [0.29, 0.717) is 25.9 Å². The molecule has 0 bridgehead atoms. The van der Waals surface area contributed by atoms with Crippen molar-refractivity contribution in [1.29, 1.82) is 0 Å². The van der Waals surface area contributed by atoms with Gasteiger partial charge in [-0.1, -0.05) is 38.5 Å². The first-order chi connectivity index (χ1) is 13.4. The van der Waals surface area contributed by atoms with Gasteiger partial charge < -0.3 is 9.32 Å². The van der Waals surface area contributed by atoms with Gasteiger partial charge in [0.15, 0.2) is 0 Å². The highest BCUT2D eigenvalue weighted by Gasteiger charge is 2.37. The van der Waals surface area contributed by atoms with Gasteiger partial charge in [0, 0.05) is 37.5 Å². The van der Waals surface area contributed by atoms with Gasteiger partial charge in [-0.05, 0) is 25.3 Å². The van der Waals surface area contributed by atoms with Crippen LogP contribution in [-0.4, -0.2) is 48.9 Å². The van der Waals surface area contributed by atoms with E-state index in [2.05, 4.69) is 0 Å². The largest absolute Gasteiger partial charge is 0.461 e.